The zero-order valence-corrected chi connectivity index (χ0v) is 20.1. The van der Waals surface area contributed by atoms with Crippen LogP contribution >= 0.6 is 11.6 Å². The summed E-state index contributed by atoms with van der Waals surface area (Å²) in [7, 11) is 2.07. The molecule has 1 unspecified atom stereocenters. The van der Waals surface area contributed by atoms with Crippen LogP contribution in [0.2, 0.25) is 5.02 Å². The first-order chi connectivity index (χ1) is 16.5. The minimum absolute atomic E-state index is 0.0179. The van der Waals surface area contributed by atoms with Gasteiger partial charge in [0.05, 0.1) is 25.5 Å². The van der Waals surface area contributed by atoms with E-state index < -0.39 is 0 Å². The van der Waals surface area contributed by atoms with Gasteiger partial charge in [-0.25, -0.2) is 0 Å². The van der Waals surface area contributed by atoms with Gasteiger partial charge in [-0.3, -0.25) is 0 Å². The first kappa shape index (κ1) is 24.4. The number of aliphatic hydroxyl groups is 1. The van der Waals surface area contributed by atoms with Gasteiger partial charge in [-0.2, -0.15) is 9.97 Å². The number of allylic oxidation sites excluding steroid dienone is 1. The maximum Gasteiger partial charge on any atom is 0.240 e. The molecule has 2 aromatic rings. The molecule has 34 heavy (non-hydrogen) atoms. The molecule has 0 spiro atoms. The molecule has 2 saturated heterocycles. The van der Waals surface area contributed by atoms with Gasteiger partial charge in [0.1, 0.15) is 11.1 Å². The Hall–Kier alpha value is -2.72. The van der Waals surface area contributed by atoms with E-state index in [4.69, 9.17) is 26.5 Å². The van der Waals surface area contributed by atoms with Gasteiger partial charge in [0.15, 0.2) is 5.82 Å². The number of aromatic nitrogens is 2. The smallest absolute Gasteiger partial charge is 0.240 e. The average molecular weight is 487 g/mol. The van der Waals surface area contributed by atoms with Crippen molar-refractivity contribution in [2.45, 2.75) is 18.9 Å². The van der Waals surface area contributed by atoms with Crippen LogP contribution in [-0.2, 0) is 4.74 Å². The lowest BCUT2D eigenvalue weighted by Crippen LogP contribution is -2.39. The summed E-state index contributed by atoms with van der Waals surface area (Å²) in [6.07, 6.45) is 3.52. The quantitative estimate of drug-likeness (QED) is 0.489. The number of piperidine rings is 1. The summed E-state index contributed by atoms with van der Waals surface area (Å²) in [6.45, 7) is 4.03. The molecule has 9 nitrogen and oxygen atoms in total. The number of morpholine rings is 1. The number of halogens is 1. The fraction of sp³-hybridized carbons (Fsp3) is 0.458. The molecule has 3 N–H and O–H groups in total. The SMILES string of the molecule is CN1CCCC(Oc2nc(N3CCOCC3)nc(N/C(=C\C(=N)c3ccccc3)CO)c2Cl)C1. The molecule has 1 atom stereocenters. The third-order valence-electron chi connectivity index (χ3n) is 5.82. The van der Waals surface area contributed by atoms with Crippen LogP contribution < -0.4 is 15.0 Å². The van der Waals surface area contributed by atoms with Crippen molar-refractivity contribution >= 4 is 29.1 Å². The molecule has 1 aromatic heterocycles. The summed E-state index contributed by atoms with van der Waals surface area (Å²) < 4.78 is 11.7. The molecule has 1 aromatic carbocycles. The number of anilines is 2. The van der Waals surface area contributed by atoms with Crippen molar-refractivity contribution < 1.29 is 14.6 Å². The van der Waals surface area contributed by atoms with Crippen LogP contribution in [0.15, 0.2) is 42.1 Å². The summed E-state index contributed by atoms with van der Waals surface area (Å²) >= 11 is 6.70. The molecular formula is C24H31ClN6O3. The summed E-state index contributed by atoms with van der Waals surface area (Å²) in [5.41, 5.74) is 1.40. The van der Waals surface area contributed by atoms with Crippen LogP contribution in [0.3, 0.4) is 0 Å². The topological polar surface area (TPSA) is 107 Å². The lowest BCUT2D eigenvalue weighted by atomic mass is 10.1. The number of ether oxygens (including phenoxy) is 2. The van der Waals surface area contributed by atoms with Gasteiger partial charge >= 0.3 is 0 Å². The van der Waals surface area contributed by atoms with E-state index >= 15 is 0 Å². The van der Waals surface area contributed by atoms with Crippen LogP contribution in [0, 0.1) is 5.41 Å². The van der Waals surface area contributed by atoms with Gasteiger partial charge in [-0.05, 0) is 38.1 Å². The molecule has 182 valence electrons. The highest BCUT2D eigenvalue weighted by Crippen LogP contribution is 2.34. The maximum absolute atomic E-state index is 9.97. The van der Waals surface area contributed by atoms with Gasteiger partial charge in [0, 0.05) is 25.3 Å². The number of aliphatic hydroxyl groups excluding tert-OH is 1. The Morgan fingerprint density at radius 1 is 1.26 bits per heavy atom. The standard InChI is InChI=1S/C24H31ClN6O3/c1-30-9-5-8-19(15-30)34-23-21(25)22(28-24(29-23)31-10-12-33-13-11-31)27-18(16-32)14-20(26)17-6-3-2-4-7-17/h2-4,6-7,14,19,26,32H,5,8-13,15-16H2,1H3,(H,27,28,29)/b18-14-,26-20?. The Morgan fingerprint density at radius 2 is 2.03 bits per heavy atom. The Bertz CT molecular complexity index is 1010. The molecule has 2 aliphatic heterocycles. The average Bonchev–Trinajstić information content (AvgIpc) is 2.86. The third-order valence-corrected chi connectivity index (χ3v) is 6.16. The van der Waals surface area contributed by atoms with Crippen molar-refractivity contribution in [3.63, 3.8) is 0 Å². The Morgan fingerprint density at radius 3 is 2.74 bits per heavy atom. The van der Waals surface area contributed by atoms with E-state index in [-0.39, 0.29) is 23.4 Å². The van der Waals surface area contributed by atoms with Crippen molar-refractivity contribution in [1.82, 2.24) is 14.9 Å². The van der Waals surface area contributed by atoms with Crippen molar-refractivity contribution in [3.05, 3.63) is 52.7 Å². The molecule has 3 heterocycles. The van der Waals surface area contributed by atoms with Gasteiger partial charge < -0.3 is 35.1 Å². The highest BCUT2D eigenvalue weighted by Gasteiger charge is 2.25. The van der Waals surface area contributed by atoms with Crippen molar-refractivity contribution in [1.29, 1.82) is 5.41 Å². The third kappa shape index (κ3) is 6.24. The second-order valence-electron chi connectivity index (χ2n) is 8.47. The maximum atomic E-state index is 9.97. The molecule has 0 bridgehead atoms. The summed E-state index contributed by atoms with van der Waals surface area (Å²) in [5.74, 6) is 1.14. The lowest BCUT2D eigenvalue weighted by molar-refractivity contribution is 0.0997. The molecule has 10 heteroatoms. The Balaban J connectivity index is 1.62. The molecule has 0 aliphatic carbocycles. The number of nitrogens with one attached hydrogen (secondary N) is 2. The number of likely N-dealkylation sites (tertiary alicyclic amines) is 1. The van der Waals surface area contributed by atoms with E-state index in [0.717, 1.165) is 31.5 Å². The number of benzene rings is 1. The van der Waals surface area contributed by atoms with Crippen LogP contribution in [0.4, 0.5) is 11.8 Å². The first-order valence-corrected chi connectivity index (χ1v) is 11.9. The van der Waals surface area contributed by atoms with Crippen molar-refractivity contribution in [3.8, 4) is 5.88 Å². The molecule has 4 rings (SSSR count). The second-order valence-corrected chi connectivity index (χ2v) is 8.85. The number of rotatable bonds is 8. The van der Waals surface area contributed by atoms with Gasteiger partial charge in [-0.15, -0.1) is 0 Å². The first-order valence-electron chi connectivity index (χ1n) is 11.5. The normalized spacial score (nSPS) is 19.7. The van der Waals surface area contributed by atoms with Crippen molar-refractivity contribution in [2.75, 3.05) is 63.3 Å². The predicted octanol–water partition coefficient (Wildman–Crippen LogP) is 2.80. The molecule has 2 fully saturated rings. The van der Waals surface area contributed by atoms with E-state index in [0.29, 0.717) is 49.6 Å². The molecule has 0 amide bonds. The number of likely N-dealkylation sites (N-methyl/N-ethyl adjacent to an activating group) is 1. The molecular weight excluding hydrogens is 456 g/mol. The highest BCUT2D eigenvalue weighted by molar-refractivity contribution is 6.34. The van der Waals surface area contributed by atoms with Gasteiger partial charge in [-0.1, -0.05) is 41.9 Å². The largest absolute Gasteiger partial charge is 0.472 e. The summed E-state index contributed by atoms with van der Waals surface area (Å²) in [5, 5.41) is 21.7. The lowest BCUT2D eigenvalue weighted by Gasteiger charge is -2.31. The number of hydrogen-bond acceptors (Lipinski definition) is 9. The zero-order chi connectivity index (χ0) is 23.9. The van der Waals surface area contributed by atoms with Crippen molar-refractivity contribution in [2.24, 2.45) is 0 Å². The minimum Gasteiger partial charge on any atom is -0.472 e. The molecule has 0 saturated carbocycles. The number of nitrogens with zero attached hydrogens (tertiary/aromatic N) is 4. The van der Waals surface area contributed by atoms with E-state index in [9.17, 15) is 5.11 Å². The van der Waals surface area contributed by atoms with E-state index in [2.05, 4.69) is 27.2 Å². The highest BCUT2D eigenvalue weighted by atomic mass is 35.5. The van der Waals surface area contributed by atoms with Crippen LogP contribution in [0.1, 0.15) is 18.4 Å². The fourth-order valence-electron chi connectivity index (χ4n) is 4.00. The number of hydrogen-bond donors (Lipinski definition) is 3. The minimum atomic E-state index is -0.313. The van der Waals surface area contributed by atoms with Crippen LogP contribution in [0.25, 0.3) is 0 Å². The summed E-state index contributed by atoms with van der Waals surface area (Å²) in [4.78, 5) is 13.5. The Kier molecular flexibility index (Phi) is 8.34. The fourth-order valence-corrected chi connectivity index (χ4v) is 4.18. The monoisotopic (exact) mass is 486 g/mol. The Labute approximate surface area is 204 Å². The van der Waals surface area contributed by atoms with Crippen LogP contribution in [0.5, 0.6) is 5.88 Å². The summed E-state index contributed by atoms with van der Waals surface area (Å²) in [6, 6.07) is 9.31. The zero-order valence-electron chi connectivity index (χ0n) is 19.3. The van der Waals surface area contributed by atoms with E-state index in [1.54, 1.807) is 6.08 Å². The van der Waals surface area contributed by atoms with E-state index in [1.165, 1.54) is 0 Å². The van der Waals surface area contributed by atoms with Gasteiger partial charge in [0.2, 0.25) is 11.8 Å². The van der Waals surface area contributed by atoms with Gasteiger partial charge in [0.25, 0.3) is 0 Å². The molecule has 2 aliphatic rings. The van der Waals surface area contributed by atoms with E-state index in [1.807, 2.05) is 35.2 Å². The van der Waals surface area contributed by atoms with Crippen LogP contribution in [-0.4, -0.2) is 84.8 Å². The molecule has 0 radical (unpaired) electrons. The predicted molar refractivity (Wildman–Crippen MR) is 133 cm³/mol. The second kappa shape index (κ2) is 11.6.